The number of unbranched alkanes of at least 4 members (excludes halogenated alkanes) is 2. The molecule has 0 unspecified atom stereocenters. The van der Waals surface area contributed by atoms with Gasteiger partial charge in [-0.25, -0.2) is 9.37 Å². The van der Waals surface area contributed by atoms with Crippen molar-refractivity contribution in [2.75, 3.05) is 13.2 Å². The number of para-hydroxylation sites is 3. The molecule has 0 spiro atoms. The Bertz CT molecular complexity index is 1260. The highest BCUT2D eigenvalue weighted by Crippen LogP contribution is 2.23. The Morgan fingerprint density at radius 3 is 2.46 bits per heavy atom. The van der Waals surface area contributed by atoms with E-state index in [4.69, 9.17) is 9.72 Å². The monoisotopic (exact) mass is 473 g/mol. The first-order chi connectivity index (χ1) is 17.0. The van der Waals surface area contributed by atoms with Crippen molar-refractivity contribution < 1.29 is 13.9 Å². The van der Waals surface area contributed by atoms with E-state index in [1.54, 1.807) is 0 Å². The van der Waals surface area contributed by atoms with E-state index in [0.717, 1.165) is 66.0 Å². The van der Waals surface area contributed by atoms with E-state index in [9.17, 15) is 9.18 Å². The van der Waals surface area contributed by atoms with Gasteiger partial charge >= 0.3 is 0 Å². The quantitative estimate of drug-likeness (QED) is 0.271. The molecule has 0 radical (unpaired) electrons. The normalized spacial score (nSPS) is 11.1. The standard InChI is InChI=1S/C29H32FN3O2/c1-21-9-8-10-22(2)28(21)35-20-19-33-26-12-6-5-11-25(26)32-27(33)13-4-3-7-18-31-29(34)23-14-16-24(30)17-15-23/h5-6,8-12,14-17H,3-4,7,13,18-20H2,1-2H3,(H,31,34). The van der Waals surface area contributed by atoms with E-state index in [2.05, 4.69) is 41.9 Å². The summed E-state index contributed by atoms with van der Waals surface area (Å²) in [5.41, 5.74) is 4.89. The Kier molecular flexibility index (Phi) is 8.14. The Labute approximate surface area is 206 Å². The van der Waals surface area contributed by atoms with Crippen LogP contribution in [-0.4, -0.2) is 28.6 Å². The summed E-state index contributed by atoms with van der Waals surface area (Å²) in [7, 11) is 0. The fourth-order valence-electron chi connectivity index (χ4n) is 4.32. The van der Waals surface area contributed by atoms with Gasteiger partial charge in [0.2, 0.25) is 0 Å². The number of carbonyl (C=O) groups excluding carboxylic acids is 1. The number of halogens is 1. The molecule has 0 atom stereocenters. The molecule has 1 N–H and O–H groups in total. The molecule has 0 saturated carbocycles. The lowest BCUT2D eigenvalue weighted by Crippen LogP contribution is -2.24. The third-order valence-electron chi connectivity index (χ3n) is 6.17. The highest BCUT2D eigenvalue weighted by atomic mass is 19.1. The maximum absolute atomic E-state index is 13.0. The molecular weight excluding hydrogens is 441 g/mol. The van der Waals surface area contributed by atoms with E-state index in [-0.39, 0.29) is 11.7 Å². The van der Waals surface area contributed by atoms with E-state index < -0.39 is 0 Å². The van der Waals surface area contributed by atoms with Gasteiger partial charge in [0.1, 0.15) is 24.0 Å². The lowest BCUT2D eigenvalue weighted by Gasteiger charge is -2.14. The fraction of sp³-hybridized carbons (Fsp3) is 0.310. The molecule has 1 heterocycles. The molecule has 5 nitrogen and oxygen atoms in total. The molecule has 0 aliphatic carbocycles. The van der Waals surface area contributed by atoms with Gasteiger partial charge in [-0.2, -0.15) is 0 Å². The van der Waals surface area contributed by atoms with Gasteiger partial charge in [-0.05, 0) is 74.2 Å². The second-order valence-corrected chi connectivity index (χ2v) is 8.81. The largest absolute Gasteiger partial charge is 0.491 e. The van der Waals surface area contributed by atoms with Crippen LogP contribution in [0.2, 0.25) is 0 Å². The highest BCUT2D eigenvalue weighted by Gasteiger charge is 2.11. The van der Waals surface area contributed by atoms with Crippen molar-refractivity contribution in [1.82, 2.24) is 14.9 Å². The number of amides is 1. The number of nitrogens with zero attached hydrogens (tertiary/aromatic N) is 2. The van der Waals surface area contributed by atoms with Gasteiger partial charge < -0.3 is 14.6 Å². The number of ether oxygens (including phenoxy) is 1. The summed E-state index contributed by atoms with van der Waals surface area (Å²) in [4.78, 5) is 17.0. The van der Waals surface area contributed by atoms with E-state index in [1.807, 2.05) is 24.3 Å². The first-order valence-electron chi connectivity index (χ1n) is 12.2. The summed E-state index contributed by atoms with van der Waals surface area (Å²) in [5.74, 6) is 1.51. The zero-order valence-corrected chi connectivity index (χ0v) is 20.4. The number of hydrogen-bond donors (Lipinski definition) is 1. The molecule has 0 aliphatic rings. The predicted molar refractivity (Wildman–Crippen MR) is 137 cm³/mol. The van der Waals surface area contributed by atoms with Crippen LogP contribution in [0.25, 0.3) is 11.0 Å². The van der Waals surface area contributed by atoms with Gasteiger partial charge in [0, 0.05) is 18.5 Å². The van der Waals surface area contributed by atoms with E-state index in [0.29, 0.717) is 18.7 Å². The summed E-state index contributed by atoms with van der Waals surface area (Å²) in [6.45, 7) is 6.05. The minimum absolute atomic E-state index is 0.171. The summed E-state index contributed by atoms with van der Waals surface area (Å²) < 4.78 is 21.4. The van der Waals surface area contributed by atoms with Crippen LogP contribution in [0, 0.1) is 19.7 Å². The zero-order chi connectivity index (χ0) is 24.6. The molecule has 6 heteroatoms. The van der Waals surface area contributed by atoms with Gasteiger partial charge in [0.05, 0.1) is 17.6 Å². The van der Waals surface area contributed by atoms with E-state index >= 15 is 0 Å². The van der Waals surface area contributed by atoms with Gasteiger partial charge in [-0.1, -0.05) is 36.8 Å². The van der Waals surface area contributed by atoms with Crippen LogP contribution in [0.3, 0.4) is 0 Å². The summed E-state index contributed by atoms with van der Waals surface area (Å²) in [6, 6.07) is 20.0. The molecule has 35 heavy (non-hydrogen) atoms. The fourth-order valence-corrected chi connectivity index (χ4v) is 4.32. The molecular formula is C29H32FN3O2. The van der Waals surface area contributed by atoms with Crippen molar-refractivity contribution in [2.45, 2.75) is 46.1 Å². The average Bonchev–Trinajstić information content (AvgIpc) is 3.20. The van der Waals surface area contributed by atoms with Crippen molar-refractivity contribution in [3.8, 4) is 5.75 Å². The molecule has 1 aromatic heterocycles. The number of aromatic nitrogens is 2. The van der Waals surface area contributed by atoms with Crippen LogP contribution in [-0.2, 0) is 13.0 Å². The first kappa shape index (κ1) is 24.5. The third-order valence-corrected chi connectivity index (χ3v) is 6.17. The number of benzene rings is 3. The van der Waals surface area contributed by atoms with Crippen molar-refractivity contribution >= 4 is 16.9 Å². The SMILES string of the molecule is Cc1cccc(C)c1OCCn1c(CCCCCNC(=O)c2ccc(F)cc2)nc2ccccc21. The van der Waals surface area contributed by atoms with Crippen molar-refractivity contribution in [3.63, 3.8) is 0 Å². The van der Waals surface area contributed by atoms with E-state index in [1.165, 1.54) is 24.3 Å². The van der Waals surface area contributed by atoms with Crippen molar-refractivity contribution in [2.24, 2.45) is 0 Å². The predicted octanol–water partition coefficient (Wildman–Crippen LogP) is 6.01. The minimum Gasteiger partial charge on any atom is -0.491 e. The molecule has 0 fully saturated rings. The topological polar surface area (TPSA) is 56.1 Å². The number of hydrogen-bond acceptors (Lipinski definition) is 3. The van der Waals surface area contributed by atoms with Gasteiger partial charge in [0.25, 0.3) is 5.91 Å². The van der Waals surface area contributed by atoms with Gasteiger partial charge in [0.15, 0.2) is 0 Å². The molecule has 4 rings (SSSR count). The molecule has 182 valence electrons. The molecule has 4 aromatic rings. The summed E-state index contributed by atoms with van der Waals surface area (Å²) in [5, 5.41) is 2.90. The number of nitrogens with one attached hydrogen (secondary N) is 1. The molecule has 0 bridgehead atoms. The molecule has 3 aromatic carbocycles. The molecule has 0 aliphatic heterocycles. The molecule has 1 amide bonds. The van der Waals surface area contributed by atoms with Crippen molar-refractivity contribution in [1.29, 1.82) is 0 Å². The van der Waals surface area contributed by atoms with Crippen LogP contribution in [0.1, 0.15) is 46.6 Å². The maximum Gasteiger partial charge on any atom is 0.251 e. The van der Waals surface area contributed by atoms with Crippen LogP contribution in [0.4, 0.5) is 4.39 Å². The summed E-state index contributed by atoms with van der Waals surface area (Å²) in [6.07, 6.45) is 3.70. The van der Waals surface area contributed by atoms with Gasteiger partial charge in [-0.3, -0.25) is 4.79 Å². The first-order valence-corrected chi connectivity index (χ1v) is 12.2. The Balaban J connectivity index is 1.29. The second kappa shape index (κ2) is 11.6. The average molecular weight is 474 g/mol. The Morgan fingerprint density at radius 1 is 0.943 bits per heavy atom. The van der Waals surface area contributed by atoms with Crippen LogP contribution >= 0.6 is 0 Å². The smallest absolute Gasteiger partial charge is 0.251 e. The maximum atomic E-state index is 13.0. The Morgan fingerprint density at radius 2 is 1.69 bits per heavy atom. The lowest BCUT2D eigenvalue weighted by molar-refractivity contribution is 0.0953. The number of imidazole rings is 1. The third kappa shape index (κ3) is 6.27. The minimum atomic E-state index is -0.343. The highest BCUT2D eigenvalue weighted by molar-refractivity contribution is 5.94. The lowest BCUT2D eigenvalue weighted by atomic mass is 10.1. The second-order valence-electron chi connectivity index (χ2n) is 8.81. The number of carbonyl (C=O) groups is 1. The number of aryl methyl sites for hydroxylation is 3. The van der Waals surface area contributed by atoms with Crippen LogP contribution < -0.4 is 10.1 Å². The molecule has 0 saturated heterocycles. The van der Waals surface area contributed by atoms with Gasteiger partial charge in [-0.15, -0.1) is 0 Å². The van der Waals surface area contributed by atoms with Crippen LogP contribution in [0.5, 0.6) is 5.75 Å². The number of fused-ring (bicyclic) bond motifs is 1. The van der Waals surface area contributed by atoms with Crippen molar-refractivity contribution in [3.05, 3.63) is 95.1 Å². The Hall–Kier alpha value is -3.67. The summed E-state index contributed by atoms with van der Waals surface area (Å²) >= 11 is 0. The zero-order valence-electron chi connectivity index (χ0n) is 20.4. The van der Waals surface area contributed by atoms with Crippen LogP contribution in [0.15, 0.2) is 66.7 Å². The number of rotatable bonds is 11.